The van der Waals surface area contributed by atoms with Gasteiger partial charge in [0.25, 0.3) is 11.8 Å². The third-order valence-electron chi connectivity index (χ3n) is 3.68. The molecule has 0 saturated carbocycles. The quantitative estimate of drug-likeness (QED) is 0.607. The van der Waals surface area contributed by atoms with Crippen LogP contribution in [0.4, 0.5) is 0 Å². The second-order valence-electron chi connectivity index (χ2n) is 5.61. The lowest BCUT2D eigenvalue weighted by Crippen LogP contribution is -2.36. The van der Waals surface area contributed by atoms with E-state index in [1.165, 1.54) is 6.08 Å². The van der Waals surface area contributed by atoms with Crippen LogP contribution in [0.3, 0.4) is 0 Å². The predicted octanol–water partition coefficient (Wildman–Crippen LogP) is 2.06. The number of hydrogen-bond donors (Lipinski definition) is 3. The summed E-state index contributed by atoms with van der Waals surface area (Å²) >= 11 is 3.31. The highest BCUT2D eigenvalue weighted by Gasteiger charge is 2.17. The van der Waals surface area contributed by atoms with Crippen molar-refractivity contribution in [1.82, 2.24) is 10.6 Å². The average Bonchev–Trinajstić information content (AvgIpc) is 3.13. The van der Waals surface area contributed by atoms with E-state index in [-0.39, 0.29) is 25.6 Å². The van der Waals surface area contributed by atoms with E-state index in [1.807, 2.05) is 0 Å². The van der Waals surface area contributed by atoms with E-state index in [4.69, 9.17) is 14.6 Å². The van der Waals surface area contributed by atoms with Crippen LogP contribution >= 0.6 is 15.9 Å². The molecular formula is C19H17BrN2O5. The zero-order valence-electron chi connectivity index (χ0n) is 14.2. The Hall–Kier alpha value is -2.84. The molecule has 0 spiro atoms. The molecule has 8 heteroatoms. The maximum Gasteiger partial charge on any atom is 0.267 e. The van der Waals surface area contributed by atoms with Gasteiger partial charge in [0.1, 0.15) is 5.70 Å². The van der Waals surface area contributed by atoms with Gasteiger partial charge >= 0.3 is 0 Å². The third kappa shape index (κ3) is 4.87. The lowest BCUT2D eigenvalue weighted by atomic mass is 10.1. The first-order valence-corrected chi connectivity index (χ1v) is 8.93. The fourth-order valence-electron chi connectivity index (χ4n) is 2.42. The van der Waals surface area contributed by atoms with E-state index in [0.717, 1.165) is 4.47 Å². The van der Waals surface area contributed by atoms with Crippen molar-refractivity contribution in [3.05, 3.63) is 63.8 Å². The summed E-state index contributed by atoms with van der Waals surface area (Å²) in [5, 5.41) is 14.1. The molecule has 140 valence electrons. The van der Waals surface area contributed by atoms with Gasteiger partial charge in [-0.1, -0.05) is 28.1 Å². The Morgan fingerprint density at radius 2 is 1.96 bits per heavy atom. The SMILES string of the molecule is O=C(NCCO)/C(=C\c1ccc2c(c1)OCO2)NC(=O)c1cccc(Br)c1. The smallest absolute Gasteiger partial charge is 0.267 e. The first-order chi connectivity index (χ1) is 13.1. The zero-order valence-corrected chi connectivity index (χ0v) is 15.8. The lowest BCUT2D eigenvalue weighted by molar-refractivity contribution is -0.117. The van der Waals surface area contributed by atoms with Gasteiger partial charge in [-0.25, -0.2) is 0 Å². The van der Waals surface area contributed by atoms with Gasteiger partial charge in [-0.2, -0.15) is 0 Å². The number of carbonyl (C=O) groups is 2. The molecule has 3 N–H and O–H groups in total. The number of benzene rings is 2. The molecule has 2 aromatic rings. The van der Waals surface area contributed by atoms with E-state index in [0.29, 0.717) is 22.6 Å². The molecule has 1 heterocycles. The Morgan fingerprint density at radius 1 is 1.15 bits per heavy atom. The number of amides is 2. The molecule has 1 aliphatic heterocycles. The van der Waals surface area contributed by atoms with Gasteiger partial charge in [0.2, 0.25) is 6.79 Å². The van der Waals surface area contributed by atoms with Gasteiger partial charge in [0, 0.05) is 16.6 Å². The molecule has 0 radical (unpaired) electrons. The Labute approximate surface area is 164 Å². The lowest BCUT2D eigenvalue weighted by Gasteiger charge is -2.11. The number of aliphatic hydroxyl groups is 1. The van der Waals surface area contributed by atoms with Crippen molar-refractivity contribution in [2.45, 2.75) is 0 Å². The van der Waals surface area contributed by atoms with E-state index in [1.54, 1.807) is 42.5 Å². The van der Waals surface area contributed by atoms with Crippen LogP contribution in [-0.2, 0) is 4.79 Å². The summed E-state index contributed by atoms with van der Waals surface area (Å²) in [7, 11) is 0. The van der Waals surface area contributed by atoms with E-state index in [2.05, 4.69) is 26.6 Å². The second-order valence-corrected chi connectivity index (χ2v) is 6.53. The number of hydrogen-bond acceptors (Lipinski definition) is 5. The van der Waals surface area contributed by atoms with Gasteiger partial charge in [-0.3, -0.25) is 9.59 Å². The summed E-state index contributed by atoms with van der Waals surface area (Å²) < 4.78 is 11.4. The molecule has 2 amide bonds. The van der Waals surface area contributed by atoms with Crippen molar-refractivity contribution in [2.75, 3.05) is 19.9 Å². The molecule has 27 heavy (non-hydrogen) atoms. The summed E-state index contributed by atoms with van der Waals surface area (Å²) in [6.45, 7) is 0.0126. The molecule has 0 aromatic heterocycles. The summed E-state index contributed by atoms with van der Waals surface area (Å²) in [6, 6.07) is 12.0. The van der Waals surface area contributed by atoms with Crippen molar-refractivity contribution < 1.29 is 24.2 Å². The van der Waals surface area contributed by atoms with Gasteiger partial charge < -0.3 is 25.2 Å². The van der Waals surface area contributed by atoms with Gasteiger partial charge in [-0.05, 0) is 42.0 Å². The predicted molar refractivity (Wildman–Crippen MR) is 102 cm³/mol. The number of carbonyl (C=O) groups excluding carboxylic acids is 2. The molecule has 7 nitrogen and oxygen atoms in total. The summed E-state index contributed by atoms with van der Waals surface area (Å²) in [4.78, 5) is 24.9. The monoisotopic (exact) mass is 432 g/mol. The number of ether oxygens (including phenoxy) is 2. The molecule has 0 aliphatic carbocycles. The minimum atomic E-state index is -0.509. The average molecular weight is 433 g/mol. The van der Waals surface area contributed by atoms with Crippen molar-refractivity contribution >= 4 is 33.8 Å². The van der Waals surface area contributed by atoms with Gasteiger partial charge in [0.15, 0.2) is 11.5 Å². The first-order valence-electron chi connectivity index (χ1n) is 8.14. The molecular weight excluding hydrogens is 416 g/mol. The molecule has 3 rings (SSSR count). The van der Waals surface area contributed by atoms with Crippen LogP contribution in [0.25, 0.3) is 6.08 Å². The molecule has 0 atom stereocenters. The molecule has 0 unspecified atom stereocenters. The fraction of sp³-hybridized carbons (Fsp3) is 0.158. The van der Waals surface area contributed by atoms with Crippen molar-refractivity contribution in [2.24, 2.45) is 0 Å². The van der Waals surface area contributed by atoms with Crippen molar-refractivity contribution in [3.8, 4) is 11.5 Å². The highest BCUT2D eigenvalue weighted by Crippen LogP contribution is 2.33. The Bertz CT molecular complexity index is 897. The van der Waals surface area contributed by atoms with Crippen LogP contribution in [-0.4, -0.2) is 36.9 Å². The normalized spacial score (nSPS) is 12.6. The van der Waals surface area contributed by atoms with E-state index >= 15 is 0 Å². The van der Waals surface area contributed by atoms with Crippen molar-refractivity contribution in [3.63, 3.8) is 0 Å². The van der Waals surface area contributed by atoms with Crippen LogP contribution in [0.1, 0.15) is 15.9 Å². The first kappa shape index (κ1) is 18.9. The number of rotatable bonds is 6. The third-order valence-corrected chi connectivity index (χ3v) is 4.18. The minimum Gasteiger partial charge on any atom is -0.454 e. The molecule has 0 fully saturated rings. The number of halogens is 1. The van der Waals surface area contributed by atoms with Gasteiger partial charge in [-0.15, -0.1) is 0 Å². The molecule has 0 saturated heterocycles. The largest absolute Gasteiger partial charge is 0.454 e. The zero-order chi connectivity index (χ0) is 19.2. The van der Waals surface area contributed by atoms with E-state index in [9.17, 15) is 9.59 Å². The maximum absolute atomic E-state index is 12.5. The van der Waals surface area contributed by atoms with Gasteiger partial charge in [0.05, 0.1) is 6.61 Å². The fourth-order valence-corrected chi connectivity index (χ4v) is 2.82. The minimum absolute atomic E-state index is 0.0484. The second kappa shape index (κ2) is 8.70. The highest BCUT2D eigenvalue weighted by atomic mass is 79.9. The summed E-state index contributed by atoms with van der Waals surface area (Å²) in [6.07, 6.45) is 1.53. The number of fused-ring (bicyclic) bond motifs is 1. The Kier molecular flexibility index (Phi) is 6.10. The van der Waals surface area contributed by atoms with Crippen LogP contribution in [0, 0.1) is 0 Å². The van der Waals surface area contributed by atoms with Crippen LogP contribution in [0.5, 0.6) is 11.5 Å². The number of aliphatic hydroxyl groups excluding tert-OH is 1. The highest BCUT2D eigenvalue weighted by molar-refractivity contribution is 9.10. The summed E-state index contributed by atoms with van der Waals surface area (Å²) in [5.74, 6) is 0.251. The topological polar surface area (TPSA) is 96.9 Å². The van der Waals surface area contributed by atoms with Crippen LogP contribution < -0.4 is 20.1 Å². The van der Waals surface area contributed by atoms with E-state index < -0.39 is 11.8 Å². The Balaban J connectivity index is 1.86. The molecule has 1 aliphatic rings. The Morgan fingerprint density at radius 3 is 2.74 bits per heavy atom. The standard InChI is InChI=1S/C19H17BrN2O5/c20-14-3-1-2-13(10-14)18(24)22-15(19(25)21-6-7-23)8-12-4-5-16-17(9-12)27-11-26-16/h1-5,8-10,23H,6-7,11H2,(H,21,25)(H,22,24)/b15-8+. The van der Waals surface area contributed by atoms with Crippen LogP contribution in [0.15, 0.2) is 52.6 Å². The van der Waals surface area contributed by atoms with Crippen molar-refractivity contribution in [1.29, 1.82) is 0 Å². The molecule has 0 bridgehead atoms. The molecule has 2 aromatic carbocycles. The maximum atomic E-state index is 12.5. The van der Waals surface area contributed by atoms with Crippen LogP contribution in [0.2, 0.25) is 0 Å². The number of nitrogens with one attached hydrogen (secondary N) is 2. The summed E-state index contributed by atoms with van der Waals surface area (Å²) in [5.41, 5.74) is 1.10.